The summed E-state index contributed by atoms with van der Waals surface area (Å²) in [5, 5.41) is 12.3. The Hall–Kier alpha value is -4.44. The summed E-state index contributed by atoms with van der Waals surface area (Å²) >= 11 is 0. The van der Waals surface area contributed by atoms with E-state index in [1.54, 1.807) is 0 Å². The monoisotopic (exact) mass is 579 g/mol. The van der Waals surface area contributed by atoms with E-state index in [9.17, 15) is 55.6 Å². The van der Waals surface area contributed by atoms with Gasteiger partial charge < -0.3 is 14.8 Å². The maximum Gasteiger partial charge on any atom is 0.431 e. The number of imide groups is 1. The number of rotatable bonds is 6. The number of allylic oxidation sites excluding steroid dienone is 2. The number of hydrogen-bond donors (Lipinski definition) is 1. The number of alkyl halides is 6. The van der Waals surface area contributed by atoms with E-state index in [1.807, 2.05) is 0 Å². The molecule has 3 heterocycles. The lowest BCUT2D eigenvalue weighted by molar-refractivity contribution is -0.384. The normalized spacial score (nSPS) is 18.7. The number of halogens is 6. The van der Waals surface area contributed by atoms with E-state index >= 15 is 0 Å². The molecule has 17 heteroatoms. The van der Waals surface area contributed by atoms with Gasteiger partial charge in [-0.15, -0.1) is 0 Å². The maximum absolute atomic E-state index is 13.8. The van der Waals surface area contributed by atoms with Crippen LogP contribution >= 0.6 is 0 Å². The maximum atomic E-state index is 13.8. The number of hydrogen-bond acceptors (Lipinski definition) is 9. The molecule has 0 aromatic heterocycles. The fourth-order valence-electron chi connectivity index (χ4n) is 3.99. The third-order valence-electron chi connectivity index (χ3n) is 5.74. The fourth-order valence-corrected chi connectivity index (χ4v) is 3.99. The molecule has 3 aliphatic rings. The molecule has 0 radical (unpaired) electrons. The van der Waals surface area contributed by atoms with Crippen LogP contribution < -0.4 is 5.32 Å². The van der Waals surface area contributed by atoms with Crippen LogP contribution in [0.2, 0.25) is 0 Å². The van der Waals surface area contributed by atoms with Gasteiger partial charge in [-0.1, -0.05) is 12.1 Å². The van der Waals surface area contributed by atoms with Crippen LogP contribution in [-0.4, -0.2) is 65.2 Å². The molecule has 216 valence electrons. The highest BCUT2D eigenvalue weighted by molar-refractivity contribution is 6.20. The van der Waals surface area contributed by atoms with Crippen LogP contribution in [0.3, 0.4) is 0 Å². The van der Waals surface area contributed by atoms with Crippen LogP contribution in [-0.2, 0) is 28.7 Å². The first kappa shape index (κ1) is 30.1. The second-order valence-corrected chi connectivity index (χ2v) is 8.25. The second-order valence-electron chi connectivity index (χ2n) is 8.25. The summed E-state index contributed by atoms with van der Waals surface area (Å²) in [5.74, 6) is -5.66. The van der Waals surface area contributed by atoms with Gasteiger partial charge in [0, 0.05) is 12.1 Å². The lowest BCUT2D eigenvalue weighted by Gasteiger charge is -2.33. The van der Waals surface area contributed by atoms with Crippen LogP contribution in [0.4, 0.5) is 32.0 Å². The molecule has 1 N–H and O–H groups in total. The standard InChI is InChI=1S/C19H16F6N2O6.C4H3NO2/c1-3-32-16(28)12-11(9-6-5-7-10(8-9)27(30)31)13(17(29)33-4-2)15(19(23,24)25)26-14(12)18(20,21)22;6-3-1-2-4(7)5(2)3/h5-8,11,26H,3-4H2,1-2H3;2H,1H2. The highest BCUT2D eigenvalue weighted by Gasteiger charge is 2.60. The number of nitrogens with one attached hydrogen (secondary N) is 1. The van der Waals surface area contributed by atoms with Crippen molar-refractivity contribution in [2.45, 2.75) is 44.6 Å². The van der Waals surface area contributed by atoms with E-state index in [-0.39, 0.29) is 17.9 Å². The minimum absolute atomic E-state index is 0.00463. The Morgan fingerprint density at radius 1 is 1.00 bits per heavy atom. The Bertz CT molecular complexity index is 1270. The van der Waals surface area contributed by atoms with Crippen molar-refractivity contribution < 1.29 is 59.9 Å². The van der Waals surface area contributed by atoms with Crippen molar-refractivity contribution in [3.63, 3.8) is 0 Å². The van der Waals surface area contributed by atoms with Crippen molar-refractivity contribution in [1.82, 2.24) is 10.2 Å². The highest BCUT2D eigenvalue weighted by Crippen LogP contribution is 2.47. The van der Waals surface area contributed by atoms with Gasteiger partial charge in [0.25, 0.3) is 11.6 Å². The summed E-state index contributed by atoms with van der Waals surface area (Å²) in [6.45, 7) is 1.60. The molecule has 0 aliphatic carbocycles. The molecule has 1 atom stereocenters. The number of dihydropyridines is 1. The minimum atomic E-state index is -5.52. The number of carbonyl (C=O) groups is 4. The predicted molar refractivity (Wildman–Crippen MR) is 119 cm³/mol. The van der Waals surface area contributed by atoms with Gasteiger partial charge in [-0.2, -0.15) is 26.3 Å². The van der Waals surface area contributed by atoms with Crippen molar-refractivity contribution in [3.05, 3.63) is 62.5 Å². The van der Waals surface area contributed by atoms with E-state index < -0.39 is 82.1 Å². The van der Waals surface area contributed by atoms with E-state index in [2.05, 4.69) is 9.47 Å². The zero-order valence-corrected chi connectivity index (χ0v) is 20.5. The van der Waals surface area contributed by atoms with Crippen LogP contribution in [0.25, 0.3) is 0 Å². The smallest absolute Gasteiger partial charge is 0.431 e. The van der Waals surface area contributed by atoms with Crippen LogP contribution in [0.5, 0.6) is 0 Å². The Morgan fingerprint density at radius 3 is 1.80 bits per heavy atom. The molecule has 4 rings (SSSR count). The third-order valence-corrected chi connectivity index (χ3v) is 5.74. The van der Waals surface area contributed by atoms with E-state index in [0.717, 1.165) is 23.5 Å². The zero-order valence-electron chi connectivity index (χ0n) is 20.5. The number of ether oxygens (including phenoxy) is 2. The zero-order chi connectivity index (χ0) is 30.2. The lowest BCUT2D eigenvalue weighted by atomic mass is 9.79. The van der Waals surface area contributed by atoms with E-state index in [4.69, 9.17) is 0 Å². The molecule has 11 nitrogen and oxygen atoms in total. The van der Waals surface area contributed by atoms with Crippen molar-refractivity contribution in [3.8, 4) is 0 Å². The van der Waals surface area contributed by atoms with Crippen LogP contribution in [0.15, 0.2) is 46.8 Å². The molecular weight excluding hydrogens is 560 g/mol. The molecular formula is C23H19F6N3O8. The first-order valence-electron chi connectivity index (χ1n) is 11.4. The third kappa shape index (κ3) is 5.91. The summed E-state index contributed by atoms with van der Waals surface area (Å²) in [4.78, 5) is 56.9. The van der Waals surface area contributed by atoms with E-state index in [1.165, 1.54) is 18.7 Å². The first-order valence-corrected chi connectivity index (χ1v) is 11.4. The average molecular weight is 579 g/mol. The Labute approximate surface area is 220 Å². The number of carbonyl (C=O) groups excluding carboxylic acids is 4. The largest absolute Gasteiger partial charge is 0.463 e. The predicted octanol–water partition coefficient (Wildman–Crippen LogP) is 3.17. The van der Waals surface area contributed by atoms with Gasteiger partial charge in [-0.05, 0) is 19.4 Å². The summed E-state index contributed by atoms with van der Waals surface area (Å²) in [5.41, 5.74) is -8.22. The van der Waals surface area contributed by atoms with Crippen molar-refractivity contribution >= 4 is 29.4 Å². The molecule has 3 aliphatic heterocycles. The number of esters is 2. The Kier molecular flexibility index (Phi) is 8.26. The average Bonchev–Trinajstić information content (AvgIpc) is 3.41. The number of nitro benzene ring substituents is 1. The van der Waals surface area contributed by atoms with Crippen molar-refractivity contribution in [2.24, 2.45) is 0 Å². The van der Waals surface area contributed by atoms with Gasteiger partial charge in [-0.3, -0.25) is 24.6 Å². The quantitative estimate of drug-likeness (QED) is 0.102. The van der Waals surface area contributed by atoms with Gasteiger partial charge in [0.1, 0.15) is 17.4 Å². The molecule has 2 fully saturated rings. The second kappa shape index (κ2) is 11.0. The molecule has 1 aromatic carbocycles. The SMILES string of the molecule is CCOC(=O)C1=C(C(F)(F)F)NC(C(F)(F)F)=C(C(=O)OCC)C1c1cccc([N+](=O)[O-])c1.O=C1CC2C(=O)N12. The van der Waals surface area contributed by atoms with Crippen molar-refractivity contribution in [1.29, 1.82) is 0 Å². The molecule has 2 amide bonds. The highest BCUT2D eigenvalue weighted by atomic mass is 19.4. The van der Waals surface area contributed by atoms with Gasteiger partial charge >= 0.3 is 24.3 Å². The van der Waals surface area contributed by atoms with E-state index in [0.29, 0.717) is 12.5 Å². The molecule has 0 bridgehead atoms. The van der Waals surface area contributed by atoms with Gasteiger partial charge in [0.15, 0.2) is 0 Å². The molecule has 0 spiro atoms. The molecule has 40 heavy (non-hydrogen) atoms. The summed E-state index contributed by atoms with van der Waals surface area (Å²) < 4.78 is 91.9. The van der Waals surface area contributed by atoms with Crippen LogP contribution in [0.1, 0.15) is 31.7 Å². The number of non-ortho nitro benzene ring substituents is 1. The number of amides is 2. The minimum Gasteiger partial charge on any atom is -0.463 e. The molecule has 1 unspecified atom stereocenters. The van der Waals surface area contributed by atoms with Crippen LogP contribution in [0, 0.1) is 10.1 Å². The fraction of sp³-hybridized carbons (Fsp3) is 0.391. The number of fused-ring (bicyclic) bond motifs is 1. The van der Waals surface area contributed by atoms with Gasteiger partial charge in [-0.25, -0.2) is 9.59 Å². The molecule has 1 aromatic rings. The lowest BCUT2D eigenvalue weighted by Crippen LogP contribution is -2.43. The number of nitro groups is 1. The van der Waals surface area contributed by atoms with Gasteiger partial charge in [0.2, 0.25) is 5.91 Å². The molecule has 0 saturated carbocycles. The Balaban J connectivity index is 0.000000535. The number of nitrogens with zero attached hydrogens (tertiary/aromatic N) is 2. The van der Waals surface area contributed by atoms with Crippen molar-refractivity contribution in [2.75, 3.05) is 13.2 Å². The summed E-state index contributed by atoms with van der Waals surface area (Å²) in [7, 11) is 0. The molecule has 2 saturated heterocycles. The van der Waals surface area contributed by atoms with Gasteiger partial charge in [0.05, 0.1) is 41.6 Å². The summed E-state index contributed by atoms with van der Waals surface area (Å²) in [6, 6.07) is 3.55. The topological polar surface area (TPSA) is 145 Å². The number of benzene rings is 1. The number of β-lactam (4-membered cyclic amide) rings is 1. The Morgan fingerprint density at radius 2 is 1.50 bits per heavy atom. The first-order chi connectivity index (χ1) is 18.5. The summed E-state index contributed by atoms with van der Waals surface area (Å²) in [6.07, 6.45) is -10.6.